The number of hydrogen-bond donors (Lipinski definition) is 1. The van der Waals surface area contributed by atoms with E-state index in [1.807, 2.05) is 54.6 Å². The van der Waals surface area contributed by atoms with E-state index in [1.54, 1.807) is 0 Å². The molecule has 0 saturated carbocycles. The molecule has 0 aromatic heterocycles. The highest BCUT2D eigenvalue weighted by atomic mass is 16.5. The van der Waals surface area contributed by atoms with Crippen molar-refractivity contribution in [2.75, 3.05) is 0 Å². The Morgan fingerprint density at radius 3 is 1.80 bits per heavy atom. The van der Waals surface area contributed by atoms with Gasteiger partial charge in [-0.1, -0.05) is 82.9 Å². The maximum absolute atomic E-state index is 10.6. The number of azo groups is 1. The van der Waals surface area contributed by atoms with Gasteiger partial charge >= 0.3 is 5.97 Å². The summed E-state index contributed by atoms with van der Waals surface area (Å²) in [5.41, 5.74) is 1.66. The molecule has 2 rings (SSSR count). The second-order valence-electron chi connectivity index (χ2n) is 9.38. The average molecular weight is 481 g/mol. The molecule has 0 spiro atoms. The highest BCUT2D eigenvalue weighted by Crippen LogP contribution is 2.24. The van der Waals surface area contributed by atoms with E-state index in [0.29, 0.717) is 6.42 Å². The molecule has 0 bridgehead atoms. The lowest BCUT2D eigenvalue weighted by atomic mass is 10.0. The first kappa shape index (κ1) is 28.5. The Morgan fingerprint density at radius 2 is 1.23 bits per heavy atom. The van der Waals surface area contributed by atoms with Crippen molar-refractivity contribution < 1.29 is 14.6 Å². The van der Waals surface area contributed by atoms with Gasteiger partial charge < -0.3 is 9.84 Å². The molecule has 2 aromatic carbocycles. The van der Waals surface area contributed by atoms with E-state index in [1.165, 1.54) is 51.4 Å². The third kappa shape index (κ3) is 14.3. The second-order valence-corrected chi connectivity index (χ2v) is 9.38. The molecular weight excluding hydrogens is 436 g/mol. The summed E-state index contributed by atoms with van der Waals surface area (Å²) in [5.74, 6) is 0.209. The van der Waals surface area contributed by atoms with Gasteiger partial charge in [0.25, 0.3) is 0 Å². The smallest absolute Gasteiger partial charge is 0.303 e. The summed E-state index contributed by atoms with van der Waals surface area (Å²) >= 11 is 0. The second kappa shape index (κ2) is 18.6. The first-order valence-corrected chi connectivity index (χ1v) is 13.6. The highest BCUT2D eigenvalue weighted by molar-refractivity contribution is 5.66. The van der Waals surface area contributed by atoms with Crippen molar-refractivity contribution in [3.05, 3.63) is 54.6 Å². The van der Waals surface area contributed by atoms with Crippen LogP contribution in [-0.2, 0) is 4.79 Å². The van der Waals surface area contributed by atoms with Gasteiger partial charge in [-0.05, 0) is 68.5 Å². The molecule has 0 heterocycles. The van der Waals surface area contributed by atoms with Gasteiger partial charge in [-0.25, -0.2) is 0 Å². The van der Waals surface area contributed by atoms with Crippen LogP contribution < -0.4 is 4.74 Å². The van der Waals surface area contributed by atoms with Crippen LogP contribution in [0.4, 0.5) is 11.4 Å². The molecule has 35 heavy (non-hydrogen) atoms. The number of unbranched alkanes of at least 4 members (excludes halogenated alkanes) is 10. The molecule has 1 N–H and O–H groups in total. The number of benzene rings is 2. The average Bonchev–Trinajstić information content (AvgIpc) is 2.87. The molecule has 0 radical (unpaired) electrons. The van der Waals surface area contributed by atoms with Crippen molar-refractivity contribution in [1.82, 2.24) is 0 Å². The van der Waals surface area contributed by atoms with E-state index in [4.69, 9.17) is 9.84 Å². The number of carboxylic acids is 1. The van der Waals surface area contributed by atoms with Crippen molar-refractivity contribution in [2.24, 2.45) is 10.2 Å². The van der Waals surface area contributed by atoms with E-state index in [2.05, 4.69) is 17.2 Å². The molecule has 0 aliphatic heterocycles. The van der Waals surface area contributed by atoms with Crippen LogP contribution in [0.5, 0.6) is 5.75 Å². The maximum Gasteiger partial charge on any atom is 0.303 e. The SMILES string of the molecule is CCCCCCCCC(CCCCCCCCC(=O)O)Oc1ccc(N=Nc2ccccc2)cc1. The van der Waals surface area contributed by atoms with Crippen molar-refractivity contribution in [2.45, 2.75) is 109 Å². The molecule has 0 fully saturated rings. The zero-order valence-corrected chi connectivity index (χ0v) is 21.5. The lowest BCUT2D eigenvalue weighted by Gasteiger charge is -2.19. The molecule has 5 nitrogen and oxygen atoms in total. The van der Waals surface area contributed by atoms with E-state index >= 15 is 0 Å². The molecule has 192 valence electrons. The van der Waals surface area contributed by atoms with Crippen LogP contribution in [0.2, 0.25) is 0 Å². The van der Waals surface area contributed by atoms with Crippen LogP contribution >= 0.6 is 0 Å². The Bertz CT molecular complexity index is 821. The summed E-state index contributed by atoms with van der Waals surface area (Å²) in [4.78, 5) is 10.6. The van der Waals surface area contributed by atoms with E-state index in [9.17, 15) is 4.79 Å². The van der Waals surface area contributed by atoms with E-state index in [0.717, 1.165) is 55.6 Å². The zero-order valence-electron chi connectivity index (χ0n) is 21.5. The predicted molar refractivity (Wildman–Crippen MR) is 144 cm³/mol. The summed E-state index contributed by atoms with van der Waals surface area (Å²) in [6, 6.07) is 17.7. The molecular formula is C30H44N2O3. The summed E-state index contributed by atoms with van der Waals surface area (Å²) in [5, 5.41) is 17.3. The fourth-order valence-electron chi connectivity index (χ4n) is 4.16. The van der Waals surface area contributed by atoms with Crippen molar-refractivity contribution >= 4 is 17.3 Å². The van der Waals surface area contributed by atoms with Gasteiger partial charge in [0, 0.05) is 6.42 Å². The van der Waals surface area contributed by atoms with E-state index < -0.39 is 5.97 Å². The van der Waals surface area contributed by atoms with E-state index in [-0.39, 0.29) is 6.10 Å². The predicted octanol–water partition coefficient (Wildman–Crippen LogP) is 9.81. The van der Waals surface area contributed by atoms with Crippen molar-refractivity contribution in [1.29, 1.82) is 0 Å². The van der Waals surface area contributed by atoms with Crippen LogP contribution in [0.3, 0.4) is 0 Å². The van der Waals surface area contributed by atoms with Crippen LogP contribution in [0.25, 0.3) is 0 Å². The number of nitrogens with zero attached hydrogens (tertiary/aromatic N) is 2. The molecule has 5 heteroatoms. The standard InChI is InChI=1S/C30H44N2O3/c1-2-3-4-5-8-14-19-28(20-15-9-6-7-10-16-21-30(33)34)35-29-24-22-27(23-25-29)32-31-26-17-12-11-13-18-26/h11-13,17-18,22-25,28H,2-10,14-16,19-21H2,1H3,(H,33,34). The Morgan fingerprint density at radius 1 is 0.714 bits per heavy atom. The summed E-state index contributed by atoms with van der Waals surface area (Å²) < 4.78 is 6.39. The largest absolute Gasteiger partial charge is 0.490 e. The third-order valence-electron chi connectivity index (χ3n) is 6.22. The van der Waals surface area contributed by atoms with Crippen LogP contribution in [0.15, 0.2) is 64.8 Å². The Kier molecular flexibility index (Phi) is 15.2. The number of hydrogen-bond acceptors (Lipinski definition) is 4. The van der Waals surface area contributed by atoms with Crippen LogP contribution in [0, 0.1) is 0 Å². The minimum Gasteiger partial charge on any atom is -0.490 e. The third-order valence-corrected chi connectivity index (χ3v) is 6.22. The van der Waals surface area contributed by atoms with Crippen LogP contribution in [-0.4, -0.2) is 17.2 Å². The number of ether oxygens (including phenoxy) is 1. The molecule has 0 aliphatic carbocycles. The molecule has 0 amide bonds. The topological polar surface area (TPSA) is 71.2 Å². The normalized spacial score (nSPS) is 12.1. The summed E-state index contributed by atoms with van der Waals surface area (Å²) in [7, 11) is 0. The number of carbonyl (C=O) groups is 1. The van der Waals surface area contributed by atoms with Gasteiger partial charge in [-0.15, -0.1) is 0 Å². The monoisotopic (exact) mass is 480 g/mol. The molecule has 1 atom stereocenters. The quantitative estimate of drug-likeness (QED) is 0.151. The first-order chi connectivity index (χ1) is 17.2. The fourth-order valence-corrected chi connectivity index (χ4v) is 4.16. The molecule has 2 aromatic rings. The van der Waals surface area contributed by atoms with Gasteiger partial charge in [-0.2, -0.15) is 10.2 Å². The molecule has 1 unspecified atom stereocenters. The van der Waals surface area contributed by atoms with Gasteiger partial charge in [-0.3, -0.25) is 4.79 Å². The highest BCUT2D eigenvalue weighted by Gasteiger charge is 2.11. The molecule has 0 aliphatic rings. The minimum atomic E-state index is -0.688. The lowest BCUT2D eigenvalue weighted by molar-refractivity contribution is -0.137. The zero-order chi connectivity index (χ0) is 25.0. The molecule has 0 saturated heterocycles. The summed E-state index contributed by atoms with van der Waals surface area (Å²) in [6.07, 6.45) is 16.9. The Labute approximate surface area is 212 Å². The summed E-state index contributed by atoms with van der Waals surface area (Å²) in [6.45, 7) is 2.25. The fraction of sp³-hybridized carbons (Fsp3) is 0.567. The van der Waals surface area contributed by atoms with Gasteiger partial charge in [0.15, 0.2) is 0 Å². The minimum absolute atomic E-state index is 0.241. The Balaban J connectivity index is 1.77. The maximum atomic E-state index is 10.6. The number of aliphatic carboxylic acids is 1. The van der Waals surface area contributed by atoms with Crippen molar-refractivity contribution in [3.8, 4) is 5.75 Å². The van der Waals surface area contributed by atoms with Gasteiger partial charge in [0.05, 0.1) is 17.5 Å². The number of rotatable bonds is 20. The van der Waals surface area contributed by atoms with Crippen LogP contribution in [0.1, 0.15) is 103 Å². The number of carboxylic acid groups (broad SMARTS) is 1. The van der Waals surface area contributed by atoms with Crippen molar-refractivity contribution in [3.63, 3.8) is 0 Å². The lowest BCUT2D eigenvalue weighted by Crippen LogP contribution is -2.16. The Hall–Kier alpha value is -2.69. The van der Waals surface area contributed by atoms with Gasteiger partial charge in [0.2, 0.25) is 0 Å². The first-order valence-electron chi connectivity index (χ1n) is 13.6. The van der Waals surface area contributed by atoms with Gasteiger partial charge in [0.1, 0.15) is 5.75 Å².